The van der Waals surface area contributed by atoms with E-state index in [1.807, 2.05) is 0 Å². The van der Waals surface area contributed by atoms with Crippen LogP contribution in [0.15, 0.2) is 73.8 Å². The van der Waals surface area contributed by atoms with Gasteiger partial charge in [-0.1, -0.05) is 37.4 Å². The number of hydrogen-bond donors (Lipinski definition) is 3. The van der Waals surface area contributed by atoms with Crippen molar-refractivity contribution in [2.24, 2.45) is 0 Å². The van der Waals surface area contributed by atoms with Gasteiger partial charge < -0.3 is 19.7 Å². The molecule has 140 valence electrons. The number of phosphoric ester groups is 1. The molecule has 0 heterocycles. The number of para-hydroxylation sites is 4. The van der Waals surface area contributed by atoms with Gasteiger partial charge in [0.25, 0.3) is 0 Å². The predicted molar refractivity (Wildman–Crippen MR) is 102 cm³/mol. The fourth-order valence-electron chi connectivity index (χ4n) is 1.93. The molecule has 2 amide bonds. The van der Waals surface area contributed by atoms with E-state index in [0.29, 0.717) is 0 Å². The second kappa shape index (κ2) is 8.84. The zero-order chi connectivity index (χ0) is 19.9. The molecule has 0 unspecified atom stereocenters. The molecule has 2 aromatic carbocycles. The molecule has 3 N–H and O–H groups in total. The molecule has 0 aromatic heterocycles. The van der Waals surface area contributed by atoms with Crippen LogP contribution in [0.1, 0.15) is 0 Å². The molecule has 2 aromatic rings. The third-order valence-electron chi connectivity index (χ3n) is 3.09. The Kier molecular flexibility index (Phi) is 6.54. The summed E-state index contributed by atoms with van der Waals surface area (Å²) in [6, 6.07) is 12.1. The number of benzene rings is 2. The first kappa shape index (κ1) is 20.0. The quantitative estimate of drug-likeness (QED) is 0.471. The molecule has 0 fully saturated rings. The van der Waals surface area contributed by atoms with Gasteiger partial charge >= 0.3 is 7.82 Å². The second-order valence-corrected chi connectivity index (χ2v) is 6.33. The molecule has 0 saturated heterocycles. The van der Waals surface area contributed by atoms with Crippen LogP contribution >= 0.6 is 7.82 Å². The monoisotopic (exact) mass is 388 g/mol. The molecule has 0 saturated carbocycles. The summed E-state index contributed by atoms with van der Waals surface area (Å²) < 4.78 is 22.6. The van der Waals surface area contributed by atoms with E-state index in [9.17, 15) is 19.0 Å². The van der Waals surface area contributed by atoms with Gasteiger partial charge in [-0.25, -0.2) is 4.57 Å². The second-order valence-electron chi connectivity index (χ2n) is 5.03. The standard InChI is InChI=1S/C18H17N2O6P/c1-3-17(21)19-13-9-5-7-11-15(13)25-27(23,24)26-16-12-8-6-10-14(16)20-18(22)4-2/h3-12H,1-2H2,(H,19,21)(H,20,22)(H,23,24). The van der Waals surface area contributed by atoms with E-state index in [2.05, 4.69) is 23.8 Å². The van der Waals surface area contributed by atoms with Crippen LogP contribution in [-0.2, 0) is 14.2 Å². The molecule has 0 aliphatic rings. The van der Waals surface area contributed by atoms with E-state index < -0.39 is 19.6 Å². The highest BCUT2D eigenvalue weighted by atomic mass is 31.2. The number of anilines is 2. The summed E-state index contributed by atoms with van der Waals surface area (Å²) in [5.41, 5.74) is 0.321. The molecule has 27 heavy (non-hydrogen) atoms. The molecular formula is C18H17N2O6P. The van der Waals surface area contributed by atoms with Crippen LogP contribution in [0.2, 0.25) is 0 Å². The first-order valence-corrected chi connectivity index (χ1v) is 9.11. The van der Waals surface area contributed by atoms with E-state index in [1.54, 1.807) is 24.3 Å². The van der Waals surface area contributed by atoms with Gasteiger partial charge in [0.1, 0.15) is 0 Å². The first-order chi connectivity index (χ1) is 12.8. The Morgan fingerprint density at radius 1 is 0.852 bits per heavy atom. The first-order valence-electron chi connectivity index (χ1n) is 7.61. The molecule has 8 nitrogen and oxygen atoms in total. The van der Waals surface area contributed by atoms with Crippen molar-refractivity contribution in [2.45, 2.75) is 0 Å². The maximum absolute atomic E-state index is 12.4. The number of amides is 2. The maximum Gasteiger partial charge on any atom is 0.585 e. The maximum atomic E-state index is 12.4. The smallest absolute Gasteiger partial charge is 0.393 e. The topological polar surface area (TPSA) is 114 Å². The lowest BCUT2D eigenvalue weighted by Crippen LogP contribution is -2.10. The molecular weight excluding hydrogens is 371 g/mol. The summed E-state index contributed by atoms with van der Waals surface area (Å²) >= 11 is 0. The van der Waals surface area contributed by atoms with Crippen LogP contribution in [0.5, 0.6) is 11.5 Å². The molecule has 0 bridgehead atoms. The van der Waals surface area contributed by atoms with Crippen molar-refractivity contribution in [3.8, 4) is 11.5 Å². The summed E-state index contributed by atoms with van der Waals surface area (Å²) in [6.45, 7) is 6.67. The van der Waals surface area contributed by atoms with Gasteiger partial charge in [-0.05, 0) is 36.4 Å². The van der Waals surface area contributed by atoms with Crippen LogP contribution in [0, 0.1) is 0 Å². The Morgan fingerprint density at radius 3 is 1.59 bits per heavy atom. The summed E-state index contributed by atoms with van der Waals surface area (Å²) in [4.78, 5) is 33.0. The average Bonchev–Trinajstić information content (AvgIpc) is 2.64. The lowest BCUT2D eigenvalue weighted by molar-refractivity contribution is -0.112. The van der Waals surface area contributed by atoms with Crippen molar-refractivity contribution < 1.29 is 28.1 Å². The van der Waals surface area contributed by atoms with E-state index in [4.69, 9.17) is 9.05 Å². The Labute approximate surface area is 155 Å². The summed E-state index contributed by atoms with van der Waals surface area (Å²) in [5, 5.41) is 4.91. The number of carbonyl (C=O) groups excluding carboxylic acids is 2. The van der Waals surface area contributed by atoms with Crippen molar-refractivity contribution in [1.29, 1.82) is 0 Å². The highest BCUT2D eigenvalue weighted by Gasteiger charge is 2.28. The summed E-state index contributed by atoms with van der Waals surface area (Å²) in [5.74, 6) is -1.19. The van der Waals surface area contributed by atoms with Gasteiger partial charge in [0.2, 0.25) is 11.8 Å². The Bertz CT molecular complexity index is 856. The van der Waals surface area contributed by atoms with Gasteiger partial charge in [0, 0.05) is 0 Å². The third-order valence-corrected chi connectivity index (χ3v) is 3.94. The van der Waals surface area contributed by atoms with Gasteiger partial charge in [0.15, 0.2) is 11.5 Å². The Hall–Kier alpha value is -3.35. The van der Waals surface area contributed by atoms with Crippen molar-refractivity contribution in [3.63, 3.8) is 0 Å². The third kappa shape index (κ3) is 5.85. The number of rotatable bonds is 8. The van der Waals surface area contributed by atoms with Crippen molar-refractivity contribution >= 4 is 31.0 Å². The molecule has 0 aliphatic carbocycles. The molecule has 0 atom stereocenters. The van der Waals surface area contributed by atoms with Crippen LogP contribution in [0.4, 0.5) is 11.4 Å². The largest absolute Gasteiger partial charge is 0.585 e. The minimum Gasteiger partial charge on any atom is -0.393 e. The lowest BCUT2D eigenvalue weighted by Gasteiger charge is -2.17. The molecule has 0 radical (unpaired) electrons. The Morgan fingerprint density at radius 2 is 1.22 bits per heavy atom. The minimum absolute atomic E-state index is 0.0776. The molecule has 2 rings (SSSR count). The lowest BCUT2D eigenvalue weighted by atomic mass is 10.3. The van der Waals surface area contributed by atoms with E-state index in [1.165, 1.54) is 24.3 Å². The highest BCUT2D eigenvalue weighted by Crippen LogP contribution is 2.47. The number of carbonyl (C=O) groups is 2. The van der Waals surface area contributed by atoms with Gasteiger partial charge in [-0.2, -0.15) is 0 Å². The summed E-state index contributed by atoms with van der Waals surface area (Å²) in [6.07, 6.45) is 2.09. The van der Waals surface area contributed by atoms with Crippen molar-refractivity contribution in [2.75, 3.05) is 10.6 Å². The highest BCUT2D eigenvalue weighted by molar-refractivity contribution is 7.48. The van der Waals surface area contributed by atoms with Crippen molar-refractivity contribution in [3.05, 3.63) is 73.8 Å². The summed E-state index contributed by atoms with van der Waals surface area (Å²) in [7, 11) is -4.65. The van der Waals surface area contributed by atoms with Crippen LogP contribution in [0.25, 0.3) is 0 Å². The predicted octanol–water partition coefficient (Wildman–Crippen LogP) is 3.49. The average molecular weight is 388 g/mol. The number of nitrogens with one attached hydrogen (secondary N) is 2. The fourth-order valence-corrected chi connectivity index (χ4v) is 2.79. The van der Waals surface area contributed by atoms with E-state index in [0.717, 1.165) is 12.2 Å². The number of hydrogen-bond acceptors (Lipinski definition) is 5. The molecule has 0 aliphatic heterocycles. The zero-order valence-corrected chi connectivity index (χ0v) is 15.0. The minimum atomic E-state index is -4.65. The molecule has 0 spiro atoms. The van der Waals surface area contributed by atoms with Crippen molar-refractivity contribution in [1.82, 2.24) is 0 Å². The number of phosphoric acid groups is 1. The SMILES string of the molecule is C=CC(=O)Nc1ccccc1OP(=O)(O)Oc1ccccc1NC(=O)C=C. The van der Waals surface area contributed by atoms with Gasteiger partial charge in [0.05, 0.1) is 11.4 Å². The van der Waals surface area contributed by atoms with E-state index in [-0.39, 0.29) is 22.9 Å². The fraction of sp³-hybridized carbons (Fsp3) is 0. The van der Waals surface area contributed by atoms with Crippen LogP contribution in [0.3, 0.4) is 0 Å². The van der Waals surface area contributed by atoms with Crippen LogP contribution < -0.4 is 19.7 Å². The molecule has 9 heteroatoms. The van der Waals surface area contributed by atoms with Gasteiger partial charge in [-0.3, -0.25) is 14.5 Å². The normalized spacial score (nSPS) is 10.4. The zero-order valence-electron chi connectivity index (χ0n) is 14.1. The van der Waals surface area contributed by atoms with Crippen LogP contribution in [-0.4, -0.2) is 16.7 Å². The Balaban J connectivity index is 2.23. The van der Waals surface area contributed by atoms with Gasteiger partial charge in [-0.15, -0.1) is 0 Å². The van der Waals surface area contributed by atoms with E-state index >= 15 is 0 Å².